The zero-order valence-electron chi connectivity index (χ0n) is 23.5. The molecule has 2 heterocycles. The van der Waals surface area contributed by atoms with Crippen molar-refractivity contribution in [1.82, 2.24) is 14.7 Å². The molecule has 2 fully saturated rings. The normalized spacial score (nSPS) is 16.4. The van der Waals surface area contributed by atoms with E-state index in [9.17, 15) is 18.0 Å². The van der Waals surface area contributed by atoms with Crippen LogP contribution < -0.4 is 9.64 Å². The molecule has 2 aromatic rings. The Kier molecular flexibility index (Phi) is 11.5. The number of nitrogens with zero attached hydrogens (tertiary/aromatic N) is 4. The van der Waals surface area contributed by atoms with Gasteiger partial charge in [-0.1, -0.05) is 24.3 Å². The summed E-state index contributed by atoms with van der Waals surface area (Å²) in [6.07, 6.45) is 2.57. The molecular weight excluding hydrogens is 517 g/mol. The first kappa shape index (κ1) is 30.2. The lowest BCUT2D eigenvalue weighted by Crippen LogP contribution is -2.46. The summed E-state index contributed by atoms with van der Waals surface area (Å²) in [5.74, 6) is 0.727. The highest BCUT2D eigenvalue weighted by Crippen LogP contribution is 2.32. The maximum absolute atomic E-state index is 14.0. The van der Waals surface area contributed by atoms with E-state index in [1.807, 2.05) is 35.2 Å². The smallest absolute Gasteiger partial charge is 0.416 e. The first-order valence-electron chi connectivity index (χ1n) is 14.8. The number of likely N-dealkylation sites (tertiary alicyclic amines) is 2. The lowest BCUT2D eigenvalue weighted by Gasteiger charge is -2.32. The van der Waals surface area contributed by atoms with E-state index in [2.05, 4.69) is 9.80 Å². The fraction of sp³-hybridized carbons (Fsp3) is 0.581. The van der Waals surface area contributed by atoms with Crippen molar-refractivity contribution in [3.63, 3.8) is 0 Å². The molecule has 2 amide bonds. The molecule has 4 rings (SSSR count). The predicted octanol–water partition coefficient (Wildman–Crippen LogP) is 6.37. The maximum Gasteiger partial charge on any atom is 0.416 e. The highest BCUT2D eigenvalue weighted by molar-refractivity contribution is 5.92. The Morgan fingerprint density at radius 3 is 1.95 bits per heavy atom. The lowest BCUT2D eigenvalue weighted by atomic mass is 10.1. The summed E-state index contributed by atoms with van der Waals surface area (Å²) in [5, 5.41) is 0. The third kappa shape index (κ3) is 9.41. The van der Waals surface area contributed by atoms with Crippen molar-refractivity contribution in [2.45, 2.75) is 51.1 Å². The molecule has 9 heteroatoms. The summed E-state index contributed by atoms with van der Waals surface area (Å²) in [4.78, 5) is 22.2. The number of para-hydroxylation sites is 1. The number of halogens is 3. The Labute approximate surface area is 236 Å². The standard InChI is InChI=1S/C31H43F3N4O2/c32-31(33,34)27-12-8-13-28(26-27)38(24-11-25-40-29-14-2-1-3-15-29)30(39)37(22-9-20-35-16-4-5-17-35)23-10-21-36-18-6-7-19-36/h1-3,8,12-15,26H,4-7,9-11,16-25H2. The van der Waals surface area contributed by atoms with E-state index in [0.29, 0.717) is 26.1 Å². The maximum atomic E-state index is 14.0. The van der Waals surface area contributed by atoms with E-state index in [1.165, 1.54) is 36.6 Å². The number of carbonyl (C=O) groups excluding carboxylic acids is 1. The molecule has 0 aromatic heterocycles. The summed E-state index contributed by atoms with van der Waals surface area (Å²) in [6.45, 7) is 8.06. The van der Waals surface area contributed by atoms with Crippen LogP contribution in [-0.4, -0.2) is 86.2 Å². The molecule has 2 aliphatic rings. The highest BCUT2D eigenvalue weighted by Gasteiger charge is 2.32. The molecule has 220 valence electrons. The van der Waals surface area contributed by atoms with E-state index >= 15 is 0 Å². The number of rotatable bonds is 14. The van der Waals surface area contributed by atoms with Gasteiger partial charge in [0, 0.05) is 25.3 Å². The molecule has 0 unspecified atom stereocenters. The molecule has 2 aliphatic heterocycles. The van der Waals surface area contributed by atoms with E-state index in [-0.39, 0.29) is 18.3 Å². The van der Waals surface area contributed by atoms with Crippen LogP contribution in [0.5, 0.6) is 5.75 Å². The number of ether oxygens (including phenoxy) is 1. The van der Waals surface area contributed by atoms with Gasteiger partial charge in [-0.2, -0.15) is 13.2 Å². The minimum Gasteiger partial charge on any atom is -0.494 e. The Morgan fingerprint density at radius 2 is 1.38 bits per heavy atom. The zero-order valence-corrected chi connectivity index (χ0v) is 23.5. The average Bonchev–Trinajstić information content (AvgIpc) is 3.67. The average molecular weight is 561 g/mol. The number of amides is 2. The minimum absolute atomic E-state index is 0.234. The minimum atomic E-state index is -4.48. The first-order chi connectivity index (χ1) is 19.4. The monoisotopic (exact) mass is 560 g/mol. The summed E-state index contributed by atoms with van der Waals surface area (Å²) in [7, 11) is 0. The van der Waals surface area contributed by atoms with Crippen molar-refractivity contribution in [2.24, 2.45) is 0 Å². The molecule has 0 bridgehead atoms. The lowest BCUT2D eigenvalue weighted by molar-refractivity contribution is -0.137. The fourth-order valence-corrected chi connectivity index (χ4v) is 5.57. The molecule has 0 N–H and O–H groups in total. The van der Waals surface area contributed by atoms with Gasteiger partial charge in [0.15, 0.2) is 0 Å². The van der Waals surface area contributed by atoms with Crippen LogP contribution in [0.4, 0.5) is 23.7 Å². The van der Waals surface area contributed by atoms with E-state index in [1.54, 1.807) is 6.07 Å². The molecule has 0 atom stereocenters. The molecule has 2 aromatic carbocycles. The van der Waals surface area contributed by atoms with Crippen LogP contribution in [0.25, 0.3) is 0 Å². The van der Waals surface area contributed by atoms with Crippen LogP contribution >= 0.6 is 0 Å². The van der Waals surface area contributed by atoms with Crippen LogP contribution in [-0.2, 0) is 6.18 Å². The van der Waals surface area contributed by atoms with Crippen molar-refractivity contribution in [3.05, 3.63) is 60.2 Å². The second-order valence-electron chi connectivity index (χ2n) is 10.8. The van der Waals surface area contributed by atoms with Gasteiger partial charge < -0.3 is 19.4 Å². The Balaban J connectivity index is 1.46. The molecule has 6 nitrogen and oxygen atoms in total. The van der Waals surface area contributed by atoms with Crippen LogP contribution in [0.1, 0.15) is 50.5 Å². The van der Waals surface area contributed by atoms with Gasteiger partial charge in [0.1, 0.15) is 5.75 Å². The molecule has 2 saturated heterocycles. The third-order valence-corrected chi connectivity index (χ3v) is 7.73. The summed E-state index contributed by atoms with van der Waals surface area (Å²) >= 11 is 0. The van der Waals surface area contributed by atoms with Crippen molar-refractivity contribution in [2.75, 3.05) is 70.4 Å². The number of hydrogen-bond acceptors (Lipinski definition) is 4. The topological polar surface area (TPSA) is 39.3 Å². The van der Waals surface area contributed by atoms with Gasteiger partial charge in [-0.3, -0.25) is 4.90 Å². The molecule has 0 spiro atoms. The Hall–Kier alpha value is -2.78. The first-order valence-corrected chi connectivity index (χ1v) is 14.8. The summed E-state index contributed by atoms with van der Waals surface area (Å²) in [6, 6.07) is 14.3. The number of urea groups is 1. The number of benzene rings is 2. The molecule has 0 saturated carbocycles. The number of alkyl halides is 3. The predicted molar refractivity (Wildman–Crippen MR) is 153 cm³/mol. The van der Waals surface area contributed by atoms with Gasteiger partial charge in [0.25, 0.3) is 0 Å². The van der Waals surface area contributed by atoms with Gasteiger partial charge in [-0.25, -0.2) is 4.79 Å². The SMILES string of the molecule is O=C(N(CCCN1CCCC1)CCCN1CCCC1)N(CCCOc1ccccc1)c1cccc(C(F)(F)F)c1. The van der Waals surface area contributed by atoms with Crippen LogP contribution in [0.15, 0.2) is 54.6 Å². The zero-order chi connectivity index (χ0) is 28.2. The van der Waals surface area contributed by atoms with Crippen molar-refractivity contribution >= 4 is 11.7 Å². The van der Waals surface area contributed by atoms with E-state index in [0.717, 1.165) is 70.0 Å². The molecular formula is C31H43F3N4O2. The highest BCUT2D eigenvalue weighted by atomic mass is 19.4. The Morgan fingerprint density at radius 1 is 0.775 bits per heavy atom. The van der Waals surface area contributed by atoms with Gasteiger partial charge in [-0.15, -0.1) is 0 Å². The van der Waals surface area contributed by atoms with Gasteiger partial charge in [0.05, 0.1) is 12.2 Å². The number of hydrogen-bond donors (Lipinski definition) is 0. The van der Waals surface area contributed by atoms with E-state index < -0.39 is 11.7 Å². The second kappa shape index (κ2) is 15.3. The van der Waals surface area contributed by atoms with Crippen molar-refractivity contribution in [3.8, 4) is 5.75 Å². The van der Waals surface area contributed by atoms with E-state index in [4.69, 9.17) is 4.74 Å². The van der Waals surface area contributed by atoms with Crippen molar-refractivity contribution in [1.29, 1.82) is 0 Å². The summed E-state index contributed by atoms with van der Waals surface area (Å²) in [5.41, 5.74) is -0.485. The number of anilines is 1. The fourth-order valence-electron chi connectivity index (χ4n) is 5.57. The Bertz CT molecular complexity index is 1000. The van der Waals surface area contributed by atoms with Crippen LogP contribution in [0, 0.1) is 0 Å². The molecule has 0 aliphatic carbocycles. The van der Waals surface area contributed by atoms with Gasteiger partial charge in [-0.05, 0) is 115 Å². The summed E-state index contributed by atoms with van der Waals surface area (Å²) < 4.78 is 46.5. The third-order valence-electron chi connectivity index (χ3n) is 7.73. The van der Waals surface area contributed by atoms with Gasteiger partial charge >= 0.3 is 12.2 Å². The van der Waals surface area contributed by atoms with Gasteiger partial charge in [0.2, 0.25) is 0 Å². The second-order valence-corrected chi connectivity index (χ2v) is 10.8. The van der Waals surface area contributed by atoms with Crippen LogP contribution in [0.2, 0.25) is 0 Å². The molecule has 40 heavy (non-hydrogen) atoms. The van der Waals surface area contributed by atoms with Crippen LogP contribution in [0.3, 0.4) is 0 Å². The number of carbonyl (C=O) groups is 1. The largest absolute Gasteiger partial charge is 0.494 e. The molecule has 0 radical (unpaired) electrons. The quantitative estimate of drug-likeness (QED) is 0.252. The van der Waals surface area contributed by atoms with Crippen molar-refractivity contribution < 1.29 is 22.7 Å².